The Labute approximate surface area is 109 Å². The topological polar surface area (TPSA) is 64.4 Å². The fourth-order valence-corrected chi connectivity index (χ4v) is 1.43. The molecule has 0 atom stereocenters. The molecule has 5 nitrogen and oxygen atoms in total. The quantitative estimate of drug-likeness (QED) is 0.838. The van der Waals surface area contributed by atoms with Gasteiger partial charge in [0.1, 0.15) is 23.9 Å². The molecule has 0 radical (unpaired) electrons. The van der Waals surface area contributed by atoms with Crippen LogP contribution in [-0.2, 0) is 0 Å². The van der Waals surface area contributed by atoms with E-state index in [2.05, 4.69) is 10.5 Å². The first kappa shape index (κ1) is 13.1. The molecule has 1 aromatic heterocycles. The van der Waals surface area contributed by atoms with E-state index >= 15 is 0 Å². The summed E-state index contributed by atoms with van der Waals surface area (Å²) in [4.78, 5) is 11.6. The number of carbonyl (C=O) groups excluding carboxylic acids is 1. The Morgan fingerprint density at radius 1 is 1.42 bits per heavy atom. The van der Waals surface area contributed by atoms with Crippen molar-refractivity contribution in [2.24, 2.45) is 0 Å². The zero-order chi connectivity index (χ0) is 13.7. The van der Waals surface area contributed by atoms with Gasteiger partial charge >= 0.3 is 0 Å². The van der Waals surface area contributed by atoms with E-state index < -0.39 is 0 Å². The van der Waals surface area contributed by atoms with Crippen molar-refractivity contribution in [3.05, 3.63) is 47.6 Å². The van der Waals surface area contributed by atoms with Gasteiger partial charge in [0.05, 0.1) is 6.54 Å². The van der Waals surface area contributed by atoms with Crippen LogP contribution in [-0.4, -0.2) is 24.2 Å². The number of rotatable bonds is 5. The molecule has 100 valence electrons. The van der Waals surface area contributed by atoms with Gasteiger partial charge in [-0.3, -0.25) is 4.79 Å². The maximum atomic E-state index is 12.6. The van der Waals surface area contributed by atoms with Crippen LogP contribution in [0.1, 0.15) is 16.2 Å². The van der Waals surface area contributed by atoms with Crippen molar-refractivity contribution in [2.75, 3.05) is 13.2 Å². The molecule has 1 amide bonds. The third-order valence-electron chi connectivity index (χ3n) is 2.33. The summed E-state index contributed by atoms with van der Waals surface area (Å²) in [5.41, 5.74) is 0.235. The predicted octanol–water partition coefficient (Wildman–Crippen LogP) is 1.93. The molecular formula is C13H13FN2O3. The summed E-state index contributed by atoms with van der Waals surface area (Å²) in [6.07, 6.45) is 0. The Balaban J connectivity index is 1.72. The largest absolute Gasteiger partial charge is 0.492 e. The van der Waals surface area contributed by atoms with Crippen LogP contribution < -0.4 is 10.1 Å². The average molecular weight is 264 g/mol. The highest BCUT2D eigenvalue weighted by Crippen LogP contribution is 2.10. The van der Waals surface area contributed by atoms with Gasteiger partial charge in [0, 0.05) is 6.07 Å². The first-order chi connectivity index (χ1) is 9.15. The molecule has 19 heavy (non-hydrogen) atoms. The van der Waals surface area contributed by atoms with Crippen LogP contribution in [0.5, 0.6) is 5.75 Å². The molecule has 6 heteroatoms. The summed E-state index contributed by atoms with van der Waals surface area (Å²) < 4.78 is 22.8. The number of ether oxygens (including phenoxy) is 1. The van der Waals surface area contributed by atoms with Crippen molar-refractivity contribution in [2.45, 2.75) is 6.92 Å². The second kappa shape index (κ2) is 5.99. The molecule has 1 aromatic carbocycles. The number of aryl methyl sites for hydroxylation is 1. The molecular weight excluding hydrogens is 251 g/mol. The van der Waals surface area contributed by atoms with Crippen molar-refractivity contribution in [3.63, 3.8) is 0 Å². The van der Waals surface area contributed by atoms with Crippen LogP contribution in [0.3, 0.4) is 0 Å². The van der Waals surface area contributed by atoms with Gasteiger partial charge in [-0.2, -0.15) is 0 Å². The van der Waals surface area contributed by atoms with E-state index in [-0.39, 0.29) is 24.0 Å². The number of carbonyl (C=O) groups is 1. The molecule has 0 unspecified atom stereocenters. The number of halogens is 1. The van der Waals surface area contributed by atoms with Crippen molar-refractivity contribution in [1.82, 2.24) is 10.5 Å². The lowest BCUT2D eigenvalue weighted by Gasteiger charge is -2.06. The third kappa shape index (κ3) is 3.80. The number of aromatic nitrogens is 1. The molecule has 2 rings (SSSR count). The van der Waals surface area contributed by atoms with Crippen LogP contribution >= 0.6 is 0 Å². The number of nitrogens with zero attached hydrogens (tertiary/aromatic N) is 1. The van der Waals surface area contributed by atoms with Crippen LogP contribution in [0.25, 0.3) is 0 Å². The van der Waals surface area contributed by atoms with Gasteiger partial charge in [-0.1, -0.05) is 5.16 Å². The lowest BCUT2D eigenvalue weighted by atomic mass is 10.3. The predicted molar refractivity (Wildman–Crippen MR) is 65.5 cm³/mol. The molecule has 0 aliphatic carbocycles. The minimum Gasteiger partial charge on any atom is -0.492 e. The second-order valence-corrected chi connectivity index (χ2v) is 3.88. The monoisotopic (exact) mass is 264 g/mol. The first-order valence-electron chi connectivity index (χ1n) is 5.75. The van der Waals surface area contributed by atoms with Gasteiger partial charge in [0.15, 0.2) is 5.69 Å². The Bertz CT molecular complexity index is 551. The highest BCUT2D eigenvalue weighted by molar-refractivity contribution is 5.92. The van der Waals surface area contributed by atoms with E-state index in [1.807, 2.05) is 0 Å². The summed E-state index contributed by atoms with van der Waals surface area (Å²) in [6.45, 7) is 2.32. The molecule has 2 aromatic rings. The van der Waals surface area contributed by atoms with E-state index in [1.54, 1.807) is 13.0 Å². The van der Waals surface area contributed by atoms with Gasteiger partial charge in [-0.05, 0) is 31.2 Å². The van der Waals surface area contributed by atoms with Crippen LogP contribution in [0.2, 0.25) is 0 Å². The average Bonchev–Trinajstić information content (AvgIpc) is 2.83. The van der Waals surface area contributed by atoms with Gasteiger partial charge in [0.2, 0.25) is 0 Å². The summed E-state index contributed by atoms with van der Waals surface area (Å²) >= 11 is 0. The van der Waals surface area contributed by atoms with Gasteiger partial charge in [0.25, 0.3) is 5.91 Å². The Kier molecular flexibility index (Phi) is 4.12. The molecule has 0 spiro atoms. The summed E-state index contributed by atoms with van der Waals surface area (Å²) in [5, 5.41) is 6.23. The summed E-state index contributed by atoms with van der Waals surface area (Å²) in [5.74, 6) is 0.488. The van der Waals surface area contributed by atoms with Gasteiger partial charge < -0.3 is 14.6 Å². The maximum absolute atomic E-state index is 12.6. The zero-order valence-corrected chi connectivity index (χ0v) is 10.4. The summed E-state index contributed by atoms with van der Waals surface area (Å²) in [7, 11) is 0. The van der Waals surface area contributed by atoms with E-state index in [0.29, 0.717) is 18.1 Å². The van der Waals surface area contributed by atoms with Crippen molar-refractivity contribution in [3.8, 4) is 5.75 Å². The molecule has 0 aliphatic rings. The number of amides is 1. The summed E-state index contributed by atoms with van der Waals surface area (Å²) in [6, 6.07) is 7.23. The molecule has 0 saturated carbocycles. The third-order valence-corrected chi connectivity index (χ3v) is 2.33. The van der Waals surface area contributed by atoms with E-state index in [9.17, 15) is 9.18 Å². The van der Waals surface area contributed by atoms with E-state index in [0.717, 1.165) is 0 Å². The van der Waals surface area contributed by atoms with Crippen molar-refractivity contribution in [1.29, 1.82) is 0 Å². The van der Waals surface area contributed by atoms with E-state index in [4.69, 9.17) is 9.26 Å². The molecule has 0 aliphatic heterocycles. The number of nitrogens with one attached hydrogen (secondary N) is 1. The molecule has 0 saturated heterocycles. The van der Waals surface area contributed by atoms with Crippen molar-refractivity contribution >= 4 is 5.91 Å². The second-order valence-electron chi connectivity index (χ2n) is 3.88. The highest BCUT2D eigenvalue weighted by atomic mass is 19.1. The van der Waals surface area contributed by atoms with E-state index in [1.165, 1.54) is 24.3 Å². The van der Waals surface area contributed by atoms with Gasteiger partial charge in [-0.25, -0.2) is 4.39 Å². The number of benzene rings is 1. The molecule has 1 heterocycles. The smallest absolute Gasteiger partial charge is 0.273 e. The molecule has 0 fully saturated rings. The number of hydrogen-bond donors (Lipinski definition) is 1. The van der Waals surface area contributed by atoms with Gasteiger partial charge in [-0.15, -0.1) is 0 Å². The molecule has 1 N–H and O–H groups in total. The lowest BCUT2D eigenvalue weighted by molar-refractivity contribution is 0.0938. The fraction of sp³-hybridized carbons (Fsp3) is 0.231. The Morgan fingerprint density at radius 3 is 2.79 bits per heavy atom. The van der Waals surface area contributed by atoms with Crippen LogP contribution in [0.15, 0.2) is 34.9 Å². The standard InChI is InChI=1S/C13H13FN2O3/c1-9-8-12(16-19-9)13(17)15-6-7-18-11-4-2-10(14)3-5-11/h2-5,8H,6-7H2,1H3,(H,15,17). The van der Waals surface area contributed by atoms with Crippen molar-refractivity contribution < 1.29 is 18.4 Å². The van der Waals surface area contributed by atoms with Crippen LogP contribution in [0, 0.1) is 12.7 Å². The minimum atomic E-state index is -0.320. The molecule has 0 bridgehead atoms. The van der Waals surface area contributed by atoms with Crippen LogP contribution in [0.4, 0.5) is 4.39 Å². The lowest BCUT2D eigenvalue weighted by Crippen LogP contribution is -2.28. The normalized spacial score (nSPS) is 10.2. The zero-order valence-electron chi connectivity index (χ0n) is 10.4. The Morgan fingerprint density at radius 2 is 2.16 bits per heavy atom. The number of hydrogen-bond acceptors (Lipinski definition) is 4. The first-order valence-corrected chi connectivity index (χ1v) is 5.75. The Hall–Kier alpha value is -2.37. The fourth-order valence-electron chi connectivity index (χ4n) is 1.43. The minimum absolute atomic E-state index is 0.235. The highest BCUT2D eigenvalue weighted by Gasteiger charge is 2.09. The SMILES string of the molecule is Cc1cc(C(=O)NCCOc2ccc(F)cc2)no1. The maximum Gasteiger partial charge on any atom is 0.273 e.